The standard InChI is InChI=1S/C19H32O4/c1-3-4-5-6-7-8-9-10-11-12-13-14-16-17(18(20)21)15(2)19(22)23-16/h16-17H,2-14H2,1H3,(H,20,21)/t16-,17?/m0/s1. The molecular formula is C19H32O4. The molecule has 1 unspecified atom stereocenters. The molecule has 1 aliphatic rings. The predicted octanol–water partition coefficient (Wildman–Crippen LogP) is 4.87. The van der Waals surface area contributed by atoms with Gasteiger partial charge < -0.3 is 9.84 Å². The molecule has 1 N–H and O–H groups in total. The van der Waals surface area contributed by atoms with E-state index in [1.807, 2.05) is 0 Å². The number of unbranched alkanes of at least 4 members (excludes halogenated alkanes) is 10. The van der Waals surface area contributed by atoms with E-state index in [4.69, 9.17) is 9.84 Å². The van der Waals surface area contributed by atoms with Gasteiger partial charge in [0.1, 0.15) is 12.0 Å². The molecule has 4 nitrogen and oxygen atoms in total. The Morgan fingerprint density at radius 3 is 1.96 bits per heavy atom. The molecule has 0 saturated carbocycles. The Morgan fingerprint density at radius 2 is 1.48 bits per heavy atom. The van der Waals surface area contributed by atoms with E-state index in [1.165, 1.54) is 57.8 Å². The van der Waals surface area contributed by atoms with Crippen LogP contribution < -0.4 is 0 Å². The van der Waals surface area contributed by atoms with Crippen LogP contribution in [0.2, 0.25) is 0 Å². The second-order valence-corrected chi connectivity index (χ2v) is 6.61. The van der Waals surface area contributed by atoms with Crippen LogP contribution in [0.4, 0.5) is 0 Å². The second kappa shape index (κ2) is 11.3. The maximum absolute atomic E-state index is 11.4. The summed E-state index contributed by atoms with van der Waals surface area (Å²) in [5.74, 6) is -2.41. The lowest BCUT2D eigenvalue weighted by atomic mass is 9.93. The minimum absolute atomic E-state index is 0.0885. The number of esters is 1. The molecule has 0 aliphatic carbocycles. The summed E-state index contributed by atoms with van der Waals surface area (Å²) in [6, 6.07) is 0. The molecule has 4 heteroatoms. The van der Waals surface area contributed by atoms with E-state index in [0.717, 1.165) is 12.8 Å². The van der Waals surface area contributed by atoms with Crippen LogP contribution in [0.15, 0.2) is 12.2 Å². The third kappa shape index (κ3) is 7.19. The predicted molar refractivity (Wildman–Crippen MR) is 91.2 cm³/mol. The summed E-state index contributed by atoms with van der Waals surface area (Å²) in [6.07, 6.45) is 13.8. The highest BCUT2D eigenvalue weighted by Gasteiger charge is 2.42. The first-order valence-corrected chi connectivity index (χ1v) is 9.20. The SMILES string of the molecule is C=C1C(=O)O[C@@H](CCCCCCCCCCCCC)C1C(=O)O. The van der Waals surface area contributed by atoms with Gasteiger partial charge in [-0.1, -0.05) is 77.7 Å². The third-order valence-corrected chi connectivity index (χ3v) is 4.63. The number of aliphatic carboxylic acids is 1. The Labute approximate surface area is 140 Å². The fourth-order valence-electron chi connectivity index (χ4n) is 3.18. The van der Waals surface area contributed by atoms with Crippen molar-refractivity contribution in [2.45, 2.75) is 90.1 Å². The number of cyclic esters (lactones) is 1. The van der Waals surface area contributed by atoms with Crippen molar-refractivity contribution in [2.24, 2.45) is 5.92 Å². The van der Waals surface area contributed by atoms with Crippen molar-refractivity contribution in [3.63, 3.8) is 0 Å². The first kappa shape index (κ1) is 19.7. The van der Waals surface area contributed by atoms with Gasteiger partial charge in [-0.15, -0.1) is 0 Å². The van der Waals surface area contributed by atoms with Crippen molar-refractivity contribution in [1.29, 1.82) is 0 Å². The van der Waals surface area contributed by atoms with E-state index in [2.05, 4.69) is 13.5 Å². The molecule has 1 fully saturated rings. The van der Waals surface area contributed by atoms with Crippen LogP contribution in [-0.2, 0) is 14.3 Å². The molecule has 0 aromatic rings. The zero-order valence-corrected chi connectivity index (χ0v) is 14.5. The van der Waals surface area contributed by atoms with E-state index in [1.54, 1.807) is 0 Å². The van der Waals surface area contributed by atoms with E-state index >= 15 is 0 Å². The molecule has 2 atom stereocenters. The highest BCUT2D eigenvalue weighted by atomic mass is 16.6. The molecule has 1 rings (SSSR count). The van der Waals surface area contributed by atoms with Gasteiger partial charge in [0.2, 0.25) is 0 Å². The summed E-state index contributed by atoms with van der Waals surface area (Å²) in [4.78, 5) is 22.6. The van der Waals surface area contributed by atoms with Crippen molar-refractivity contribution in [1.82, 2.24) is 0 Å². The second-order valence-electron chi connectivity index (χ2n) is 6.61. The normalized spacial score (nSPS) is 20.7. The summed E-state index contributed by atoms with van der Waals surface area (Å²) >= 11 is 0. The molecule has 0 aromatic heterocycles. The number of ether oxygens (including phenoxy) is 1. The molecule has 0 radical (unpaired) electrons. The maximum Gasteiger partial charge on any atom is 0.334 e. The molecule has 0 bridgehead atoms. The van der Waals surface area contributed by atoms with E-state index in [9.17, 15) is 9.59 Å². The molecule has 0 spiro atoms. The smallest absolute Gasteiger partial charge is 0.334 e. The number of rotatable bonds is 13. The van der Waals surface area contributed by atoms with Gasteiger partial charge in [-0.25, -0.2) is 4.79 Å². The van der Waals surface area contributed by atoms with Crippen molar-refractivity contribution in [3.05, 3.63) is 12.2 Å². The van der Waals surface area contributed by atoms with Gasteiger partial charge in [0.15, 0.2) is 0 Å². The average molecular weight is 324 g/mol. The average Bonchev–Trinajstić information content (AvgIpc) is 2.79. The van der Waals surface area contributed by atoms with E-state index in [-0.39, 0.29) is 5.57 Å². The van der Waals surface area contributed by atoms with Crippen LogP contribution in [0.1, 0.15) is 84.0 Å². The number of carboxylic acids is 1. The number of hydrogen-bond acceptors (Lipinski definition) is 3. The lowest BCUT2D eigenvalue weighted by molar-refractivity contribution is -0.144. The molecule has 132 valence electrons. The zero-order valence-electron chi connectivity index (χ0n) is 14.5. The van der Waals surface area contributed by atoms with E-state index < -0.39 is 24.0 Å². The quantitative estimate of drug-likeness (QED) is 0.298. The fourth-order valence-corrected chi connectivity index (χ4v) is 3.18. The van der Waals surface area contributed by atoms with Crippen LogP contribution in [0.5, 0.6) is 0 Å². The van der Waals surface area contributed by atoms with Gasteiger partial charge >= 0.3 is 11.9 Å². The number of carboxylic acid groups (broad SMARTS) is 1. The van der Waals surface area contributed by atoms with Gasteiger partial charge in [-0.05, 0) is 12.8 Å². The van der Waals surface area contributed by atoms with Crippen molar-refractivity contribution < 1.29 is 19.4 Å². The summed E-state index contributed by atoms with van der Waals surface area (Å²) in [5.41, 5.74) is 0.0885. The maximum atomic E-state index is 11.4. The van der Waals surface area contributed by atoms with Crippen molar-refractivity contribution in [3.8, 4) is 0 Å². The molecular weight excluding hydrogens is 292 g/mol. The Balaban J connectivity index is 2.01. The topological polar surface area (TPSA) is 63.6 Å². The monoisotopic (exact) mass is 324 g/mol. The first-order chi connectivity index (χ1) is 11.1. The van der Waals surface area contributed by atoms with Crippen LogP contribution >= 0.6 is 0 Å². The minimum atomic E-state index is -1.01. The summed E-state index contributed by atoms with van der Waals surface area (Å²) in [6.45, 7) is 5.77. The Hall–Kier alpha value is -1.32. The molecule has 23 heavy (non-hydrogen) atoms. The number of hydrogen-bond donors (Lipinski definition) is 1. The summed E-state index contributed by atoms with van der Waals surface area (Å²) < 4.78 is 5.12. The van der Waals surface area contributed by atoms with Crippen molar-refractivity contribution >= 4 is 11.9 Å². The highest BCUT2D eigenvalue weighted by Crippen LogP contribution is 2.30. The Bertz CT molecular complexity index is 389. The minimum Gasteiger partial charge on any atom is -0.481 e. The molecule has 1 aliphatic heterocycles. The first-order valence-electron chi connectivity index (χ1n) is 9.20. The van der Waals surface area contributed by atoms with Crippen molar-refractivity contribution in [2.75, 3.05) is 0 Å². The Morgan fingerprint density at radius 1 is 1.00 bits per heavy atom. The Kier molecular flexibility index (Phi) is 9.65. The molecule has 1 saturated heterocycles. The van der Waals surface area contributed by atoms with Gasteiger partial charge in [0.05, 0.1) is 0 Å². The fraction of sp³-hybridized carbons (Fsp3) is 0.789. The van der Waals surface area contributed by atoms with Gasteiger partial charge in [0.25, 0.3) is 0 Å². The lowest BCUT2D eigenvalue weighted by Crippen LogP contribution is -2.24. The van der Waals surface area contributed by atoms with Crippen LogP contribution in [0, 0.1) is 5.92 Å². The molecule has 0 aromatic carbocycles. The van der Waals surface area contributed by atoms with Gasteiger partial charge in [-0.3, -0.25) is 4.79 Å². The number of carbonyl (C=O) groups excluding carboxylic acids is 1. The van der Waals surface area contributed by atoms with Gasteiger partial charge in [-0.2, -0.15) is 0 Å². The van der Waals surface area contributed by atoms with Crippen LogP contribution in [0.25, 0.3) is 0 Å². The zero-order chi connectivity index (χ0) is 17.1. The van der Waals surface area contributed by atoms with Crippen LogP contribution in [-0.4, -0.2) is 23.1 Å². The van der Waals surface area contributed by atoms with E-state index in [0.29, 0.717) is 6.42 Å². The number of carbonyl (C=O) groups is 2. The largest absolute Gasteiger partial charge is 0.481 e. The summed E-state index contributed by atoms with van der Waals surface area (Å²) in [5, 5.41) is 9.16. The molecule has 0 amide bonds. The molecule has 1 heterocycles. The summed E-state index contributed by atoms with van der Waals surface area (Å²) in [7, 11) is 0. The highest BCUT2D eigenvalue weighted by molar-refractivity contribution is 5.97. The van der Waals surface area contributed by atoms with Gasteiger partial charge in [0, 0.05) is 5.57 Å². The lowest BCUT2D eigenvalue weighted by Gasteiger charge is -2.13. The third-order valence-electron chi connectivity index (χ3n) is 4.63. The van der Waals surface area contributed by atoms with Crippen LogP contribution in [0.3, 0.4) is 0 Å².